The molecule has 3 aromatic carbocycles. The van der Waals surface area contributed by atoms with E-state index in [0.717, 1.165) is 22.4 Å². The lowest BCUT2D eigenvalue weighted by Crippen LogP contribution is -2.29. The minimum absolute atomic E-state index is 0.126. The van der Waals surface area contributed by atoms with Crippen molar-refractivity contribution in [3.8, 4) is 0 Å². The van der Waals surface area contributed by atoms with E-state index in [9.17, 15) is 9.59 Å². The van der Waals surface area contributed by atoms with E-state index in [-0.39, 0.29) is 17.1 Å². The molecule has 1 amide bonds. The van der Waals surface area contributed by atoms with E-state index in [0.29, 0.717) is 16.5 Å². The Morgan fingerprint density at radius 1 is 0.828 bits per heavy atom. The summed E-state index contributed by atoms with van der Waals surface area (Å²) in [6.45, 7) is 3.95. The topological polar surface area (TPSA) is 50.5 Å². The number of fused-ring (bicyclic) bond motifs is 2. The number of hydrogen-bond donors (Lipinski definition) is 0. The van der Waals surface area contributed by atoms with Gasteiger partial charge in [-0.2, -0.15) is 0 Å². The lowest BCUT2D eigenvalue weighted by molar-refractivity contribution is 0.0971. The molecule has 4 heteroatoms. The molecule has 5 rings (SSSR count). The highest BCUT2D eigenvalue weighted by Crippen LogP contribution is 2.41. The molecule has 4 nitrogen and oxygen atoms in total. The maximum absolute atomic E-state index is 13.5. The molecule has 0 radical (unpaired) electrons. The fourth-order valence-corrected chi connectivity index (χ4v) is 4.01. The molecule has 1 unspecified atom stereocenters. The normalized spacial score (nSPS) is 15.7. The Labute approximate surface area is 168 Å². The van der Waals surface area contributed by atoms with E-state index in [1.807, 2.05) is 80.6 Å². The van der Waals surface area contributed by atoms with Crippen LogP contribution in [0.4, 0.5) is 5.69 Å². The summed E-state index contributed by atoms with van der Waals surface area (Å²) in [5.41, 5.74) is 4.39. The van der Waals surface area contributed by atoms with Crippen molar-refractivity contribution in [3.63, 3.8) is 0 Å². The third-order valence-electron chi connectivity index (χ3n) is 5.45. The van der Waals surface area contributed by atoms with Gasteiger partial charge in [0, 0.05) is 5.69 Å². The Morgan fingerprint density at radius 3 is 2.24 bits per heavy atom. The number of anilines is 1. The molecule has 1 aromatic heterocycles. The third-order valence-corrected chi connectivity index (χ3v) is 5.45. The van der Waals surface area contributed by atoms with E-state index < -0.39 is 6.04 Å². The zero-order chi connectivity index (χ0) is 20.1. The van der Waals surface area contributed by atoms with Gasteiger partial charge in [0.25, 0.3) is 5.91 Å². The number of aryl methyl sites for hydroxylation is 2. The molecule has 0 saturated heterocycles. The van der Waals surface area contributed by atoms with Crippen LogP contribution in [-0.2, 0) is 0 Å². The van der Waals surface area contributed by atoms with Gasteiger partial charge in [-0.1, -0.05) is 59.7 Å². The van der Waals surface area contributed by atoms with Crippen molar-refractivity contribution in [1.82, 2.24) is 0 Å². The maximum Gasteiger partial charge on any atom is 0.295 e. The molecule has 1 aliphatic heterocycles. The Bertz CT molecular complexity index is 1300. The van der Waals surface area contributed by atoms with Gasteiger partial charge in [-0.05, 0) is 43.7 Å². The molecular weight excluding hydrogens is 362 g/mol. The Hall–Kier alpha value is -3.66. The molecule has 2 heterocycles. The molecule has 0 aliphatic carbocycles. The number of amides is 1. The van der Waals surface area contributed by atoms with E-state index in [2.05, 4.69) is 0 Å². The molecular formula is C25H19NO3. The van der Waals surface area contributed by atoms with E-state index in [1.54, 1.807) is 11.0 Å². The first-order valence-corrected chi connectivity index (χ1v) is 9.57. The number of carbonyl (C=O) groups excluding carboxylic acids is 1. The first-order chi connectivity index (χ1) is 14.0. The smallest absolute Gasteiger partial charge is 0.295 e. The summed E-state index contributed by atoms with van der Waals surface area (Å²) in [4.78, 5) is 28.6. The van der Waals surface area contributed by atoms with Gasteiger partial charge in [-0.3, -0.25) is 14.5 Å². The molecule has 0 N–H and O–H groups in total. The van der Waals surface area contributed by atoms with Crippen LogP contribution in [0.3, 0.4) is 0 Å². The number of nitrogens with zero attached hydrogens (tertiary/aromatic N) is 1. The van der Waals surface area contributed by atoms with Gasteiger partial charge in [0.15, 0.2) is 5.43 Å². The summed E-state index contributed by atoms with van der Waals surface area (Å²) >= 11 is 0. The SMILES string of the molecule is Cc1ccc(C2c3c(oc4ccc(C)cc4c3=O)C(=O)N2c2ccccc2)cc1. The van der Waals surface area contributed by atoms with Crippen molar-refractivity contribution in [2.24, 2.45) is 0 Å². The van der Waals surface area contributed by atoms with Crippen molar-refractivity contribution in [2.45, 2.75) is 19.9 Å². The number of benzene rings is 3. The number of carbonyl (C=O) groups is 1. The highest BCUT2D eigenvalue weighted by atomic mass is 16.3. The van der Waals surface area contributed by atoms with Gasteiger partial charge < -0.3 is 4.42 Å². The molecule has 0 fully saturated rings. The Kier molecular flexibility index (Phi) is 3.88. The highest BCUT2D eigenvalue weighted by Gasteiger charge is 2.43. The van der Waals surface area contributed by atoms with Crippen molar-refractivity contribution < 1.29 is 9.21 Å². The average molecular weight is 381 g/mol. The second-order valence-electron chi connectivity index (χ2n) is 7.50. The summed E-state index contributed by atoms with van der Waals surface area (Å²) in [5.74, 6) is -0.169. The quantitative estimate of drug-likeness (QED) is 0.482. The molecule has 142 valence electrons. The highest BCUT2D eigenvalue weighted by molar-refractivity contribution is 6.10. The maximum atomic E-state index is 13.5. The Morgan fingerprint density at radius 2 is 1.52 bits per heavy atom. The molecule has 0 spiro atoms. The number of rotatable bonds is 2. The van der Waals surface area contributed by atoms with E-state index in [1.165, 1.54) is 0 Å². The Balaban J connectivity index is 1.83. The summed E-state index contributed by atoms with van der Waals surface area (Å²) < 4.78 is 5.99. The van der Waals surface area contributed by atoms with Crippen LogP contribution < -0.4 is 10.3 Å². The van der Waals surface area contributed by atoms with Gasteiger partial charge in [0.2, 0.25) is 5.76 Å². The summed E-state index contributed by atoms with van der Waals surface area (Å²) in [5, 5.41) is 0.503. The van der Waals surface area contributed by atoms with Crippen LogP contribution in [0.15, 0.2) is 82.0 Å². The van der Waals surface area contributed by atoms with Gasteiger partial charge >= 0.3 is 0 Å². The first kappa shape index (κ1) is 17.4. The second kappa shape index (κ2) is 6.45. The lowest BCUT2D eigenvalue weighted by Gasteiger charge is -2.25. The summed E-state index contributed by atoms with van der Waals surface area (Å²) in [6.07, 6.45) is 0. The van der Waals surface area contributed by atoms with Crippen molar-refractivity contribution >= 4 is 22.6 Å². The van der Waals surface area contributed by atoms with E-state index >= 15 is 0 Å². The van der Waals surface area contributed by atoms with Crippen LogP contribution in [0.25, 0.3) is 11.0 Å². The number of para-hydroxylation sites is 1. The van der Waals surface area contributed by atoms with Gasteiger partial charge in [0.05, 0.1) is 17.0 Å². The van der Waals surface area contributed by atoms with Crippen LogP contribution in [0.5, 0.6) is 0 Å². The van der Waals surface area contributed by atoms with Crippen molar-refractivity contribution in [2.75, 3.05) is 4.90 Å². The largest absolute Gasteiger partial charge is 0.450 e. The van der Waals surface area contributed by atoms with E-state index in [4.69, 9.17) is 4.42 Å². The van der Waals surface area contributed by atoms with Crippen LogP contribution in [0, 0.1) is 13.8 Å². The molecule has 29 heavy (non-hydrogen) atoms. The summed E-state index contributed by atoms with van der Waals surface area (Å²) in [7, 11) is 0. The molecule has 4 aromatic rings. The van der Waals surface area contributed by atoms with Gasteiger partial charge in [0.1, 0.15) is 5.58 Å². The van der Waals surface area contributed by atoms with Crippen LogP contribution in [-0.4, -0.2) is 5.91 Å². The zero-order valence-electron chi connectivity index (χ0n) is 16.2. The second-order valence-corrected chi connectivity index (χ2v) is 7.50. The first-order valence-electron chi connectivity index (χ1n) is 9.57. The lowest BCUT2D eigenvalue weighted by atomic mass is 9.97. The van der Waals surface area contributed by atoms with Crippen molar-refractivity contribution in [1.29, 1.82) is 0 Å². The molecule has 0 saturated carbocycles. The molecule has 0 bridgehead atoms. The van der Waals surface area contributed by atoms with Crippen molar-refractivity contribution in [3.05, 3.63) is 111 Å². The van der Waals surface area contributed by atoms with Crippen LogP contribution in [0.2, 0.25) is 0 Å². The molecule has 1 aliphatic rings. The standard InChI is InChI=1S/C25H19NO3/c1-15-8-11-17(12-9-15)22-21-23(27)19-14-16(2)10-13-20(19)29-24(21)25(28)26(22)18-6-4-3-5-7-18/h3-14,22H,1-2H3. The minimum Gasteiger partial charge on any atom is -0.450 e. The average Bonchev–Trinajstić information content (AvgIpc) is 3.03. The fraction of sp³-hybridized carbons (Fsp3) is 0.120. The van der Waals surface area contributed by atoms with Gasteiger partial charge in [-0.15, -0.1) is 0 Å². The zero-order valence-corrected chi connectivity index (χ0v) is 16.2. The monoisotopic (exact) mass is 381 g/mol. The van der Waals surface area contributed by atoms with Crippen LogP contribution >= 0.6 is 0 Å². The number of hydrogen-bond acceptors (Lipinski definition) is 3. The molecule has 1 atom stereocenters. The fourth-order valence-electron chi connectivity index (χ4n) is 4.01. The predicted octanol–water partition coefficient (Wildman–Crippen LogP) is 5.16. The minimum atomic E-state index is -0.526. The van der Waals surface area contributed by atoms with Gasteiger partial charge in [-0.25, -0.2) is 0 Å². The van der Waals surface area contributed by atoms with Crippen LogP contribution in [0.1, 0.15) is 38.9 Å². The predicted molar refractivity (Wildman–Crippen MR) is 113 cm³/mol. The summed E-state index contributed by atoms with van der Waals surface area (Å²) in [6, 6.07) is 22.3. The third kappa shape index (κ3) is 2.68.